The monoisotopic (exact) mass is 134 g/mol. The Morgan fingerprint density at radius 3 is 2.56 bits per heavy atom. The highest BCUT2D eigenvalue weighted by atomic mass is 19.1. The molecule has 0 aromatic heterocycles. The minimum Gasteiger partial charge on any atom is -0.481 e. The molecule has 0 spiro atoms. The number of carboxylic acids is 1. The van der Waals surface area contributed by atoms with Gasteiger partial charge in [0.2, 0.25) is 0 Å². The summed E-state index contributed by atoms with van der Waals surface area (Å²) in [6, 6.07) is 0. The van der Waals surface area contributed by atoms with E-state index in [0.717, 1.165) is 0 Å². The largest absolute Gasteiger partial charge is 0.481 e. The van der Waals surface area contributed by atoms with Crippen LogP contribution in [0.3, 0.4) is 0 Å². The van der Waals surface area contributed by atoms with Crippen LogP contribution in [0, 0.1) is 5.92 Å². The van der Waals surface area contributed by atoms with Crippen LogP contribution in [0.15, 0.2) is 0 Å². The zero-order chi connectivity index (χ0) is 6.85. The number of aliphatic carboxylic acids is 1. The average Bonchev–Trinajstić information content (AvgIpc) is 2.13. The molecule has 0 bridgehead atoms. The molecular weight excluding hydrogens is 127 g/mol. The SMILES string of the molecule is O=C(O)[C@H]1COC[C@@H]1F. The molecule has 0 aromatic carbocycles. The maximum atomic E-state index is 12.3. The summed E-state index contributed by atoms with van der Waals surface area (Å²) in [6.45, 7) is -0.0620. The molecule has 1 rings (SSSR count). The third-order valence-corrected chi connectivity index (χ3v) is 1.33. The minimum atomic E-state index is -1.32. The van der Waals surface area contributed by atoms with Crippen molar-refractivity contribution in [2.45, 2.75) is 6.17 Å². The van der Waals surface area contributed by atoms with Crippen LogP contribution in [0.2, 0.25) is 0 Å². The van der Waals surface area contributed by atoms with Crippen LogP contribution >= 0.6 is 0 Å². The summed E-state index contributed by atoms with van der Waals surface area (Å²) >= 11 is 0. The molecule has 9 heavy (non-hydrogen) atoms. The van der Waals surface area contributed by atoms with E-state index in [1.54, 1.807) is 0 Å². The van der Waals surface area contributed by atoms with Gasteiger partial charge in [-0.3, -0.25) is 4.79 Å². The molecule has 1 fully saturated rings. The smallest absolute Gasteiger partial charge is 0.311 e. The molecule has 0 unspecified atom stereocenters. The second kappa shape index (κ2) is 2.31. The Morgan fingerprint density at radius 1 is 1.67 bits per heavy atom. The van der Waals surface area contributed by atoms with Crippen molar-refractivity contribution in [2.24, 2.45) is 5.92 Å². The summed E-state index contributed by atoms with van der Waals surface area (Å²) < 4.78 is 16.9. The number of alkyl halides is 1. The van der Waals surface area contributed by atoms with E-state index >= 15 is 0 Å². The van der Waals surface area contributed by atoms with Crippen molar-refractivity contribution >= 4 is 5.97 Å². The van der Waals surface area contributed by atoms with Crippen molar-refractivity contribution in [3.05, 3.63) is 0 Å². The minimum absolute atomic E-state index is 0.0104. The van der Waals surface area contributed by atoms with Crippen LogP contribution < -0.4 is 0 Å². The van der Waals surface area contributed by atoms with Crippen LogP contribution in [-0.4, -0.2) is 30.5 Å². The van der Waals surface area contributed by atoms with Crippen molar-refractivity contribution < 1.29 is 19.0 Å². The summed E-state index contributed by atoms with van der Waals surface area (Å²) in [5.74, 6) is -2.05. The zero-order valence-electron chi connectivity index (χ0n) is 4.71. The highest BCUT2D eigenvalue weighted by Crippen LogP contribution is 2.16. The first-order chi connectivity index (χ1) is 4.22. The lowest BCUT2D eigenvalue weighted by atomic mass is 10.1. The van der Waals surface area contributed by atoms with Gasteiger partial charge in [0, 0.05) is 0 Å². The molecule has 2 atom stereocenters. The molecule has 3 nitrogen and oxygen atoms in total. The van der Waals surface area contributed by atoms with E-state index < -0.39 is 18.1 Å². The van der Waals surface area contributed by atoms with Crippen LogP contribution in [0.4, 0.5) is 4.39 Å². The van der Waals surface area contributed by atoms with Crippen LogP contribution in [-0.2, 0) is 9.53 Å². The normalized spacial score (nSPS) is 34.8. The Bertz CT molecular complexity index is 125. The Labute approximate surface area is 51.4 Å². The molecule has 4 heteroatoms. The summed E-state index contributed by atoms with van der Waals surface area (Å²) in [7, 11) is 0. The van der Waals surface area contributed by atoms with Gasteiger partial charge < -0.3 is 9.84 Å². The number of hydrogen-bond acceptors (Lipinski definition) is 2. The zero-order valence-corrected chi connectivity index (χ0v) is 4.71. The van der Waals surface area contributed by atoms with E-state index in [2.05, 4.69) is 4.74 Å². The van der Waals surface area contributed by atoms with Crippen molar-refractivity contribution in [3.8, 4) is 0 Å². The Morgan fingerprint density at radius 2 is 2.33 bits per heavy atom. The first-order valence-electron chi connectivity index (χ1n) is 2.66. The summed E-state index contributed by atoms with van der Waals surface area (Å²) in [4.78, 5) is 10.1. The Balaban J connectivity index is 2.49. The molecule has 0 amide bonds. The van der Waals surface area contributed by atoms with Gasteiger partial charge in [0.05, 0.1) is 13.2 Å². The standard InChI is InChI=1S/C5H7FO3/c6-4-2-9-1-3(4)5(7)8/h3-4H,1-2H2,(H,7,8)/t3-,4-/m0/s1. The summed E-state index contributed by atoms with van der Waals surface area (Å²) in [5, 5.41) is 8.26. The number of carbonyl (C=O) groups is 1. The molecule has 1 saturated heterocycles. The topological polar surface area (TPSA) is 46.5 Å². The first-order valence-corrected chi connectivity index (χ1v) is 2.66. The number of carboxylic acid groups (broad SMARTS) is 1. The molecule has 1 N–H and O–H groups in total. The fraction of sp³-hybridized carbons (Fsp3) is 0.800. The quantitative estimate of drug-likeness (QED) is 0.551. The number of halogens is 1. The van der Waals surface area contributed by atoms with Crippen molar-refractivity contribution in [2.75, 3.05) is 13.2 Å². The predicted octanol–water partition coefficient (Wildman–Crippen LogP) is 0.0555. The molecule has 0 radical (unpaired) electrons. The van der Waals surface area contributed by atoms with E-state index in [0.29, 0.717) is 0 Å². The van der Waals surface area contributed by atoms with E-state index in [9.17, 15) is 9.18 Å². The molecule has 52 valence electrons. The lowest BCUT2D eigenvalue weighted by Gasteiger charge is -2.01. The van der Waals surface area contributed by atoms with Gasteiger partial charge in [-0.25, -0.2) is 4.39 Å². The lowest BCUT2D eigenvalue weighted by molar-refractivity contribution is -0.142. The molecule has 0 saturated carbocycles. The third-order valence-electron chi connectivity index (χ3n) is 1.33. The number of ether oxygens (including phenoxy) is 1. The fourth-order valence-electron chi connectivity index (χ4n) is 0.754. The lowest BCUT2D eigenvalue weighted by Crippen LogP contribution is -2.22. The van der Waals surface area contributed by atoms with Gasteiger partial charge in [-0.1, -0.05) is 0 Å². The van der Waals surface area contributed by atoms with Gasteiger partial charge in [-0.15, -0.1) is 0 Å². The maximum Gasteiger partial charge on any atom is 0.311 e. The average molecular weight is 134 g/mol. The van der Waals surface area contributed by atoms with Crippen LogP contribution in [0.1, 0.15) is 0 Å². The van der Waals surface area contributed by atoms with Gasteiger partial charge in [-0.2, -0.15) is 0 Å². The summed E-state index contributed by atoms with van der Waals surface area (Å²) in [6.07, 6.45) is -1.32. The fourth-order valence-corrected chi connectivity index (χ4v) is 0.754. The molecular formula is C5H7FO3. The first kappa shape index (κ1) is 6.48. The van der Waals surface area contributed by atoms with Gasteiger partial charge in [0.15, 0.2) is 0 Å². The van der Waals surface area contributed by atoms with Crippen molar-refractivity contribution in [1.29, 1.82) is 0 Å². The second-order valence-corrected chi connectivity index (χ2v) is 2.00. The molecule has 1 aliphatic rings. The van der Waals surface area contributed by atoms with Gasteiger partial charge >= 0.3 is 5.97 Å². The third kappa shape index (κ3) is 1.18. The predicted molar refractivity (Wildman–Crippen MR) is 26.8 cm³/mol. The molecule has 0 aliphatic carbocycles. The maximum absolute atomic E-state index is 12.3. The van der Waals surface area contributed by atoms with Crippen molar-refractivity contribution in [1.82, 2.24) is 0 Å². The molecule has 1 aliphatic heterocycles. The second-order valence-electron chi connectivity index (χ2n) is 2.00. The van der Waals surface area contributed by atoms with Gasteiger partial charge in [-0.05, 0) is 0 Å². The number of hydrogen-bond donors (Lipinski definition) is 1. The highest BCUT2D eigenvalue weighted by Gasteiger charge is 2.33. The van der Waals surface area contributed by atoms with E-state index in [1.807, 2.05) is 0 Å². The van der Waals surface area contributed by atoms with Crippen LogP contribution in [0.25, 0.3) is 0 Å². The molecule has 0 aromatic rings. The van der Waals surface area contributed by atoms with E-state index in [1.165, 1.54) is 0 Å². The highest BCUT2D eigenvalue weighted by molar-refractivity contribution is 5.71. The van der Waals surface area contributed by atoms with Gasteiger partial charge in [0.1, 0.15) is 12.1 Å². The summed E-state index contributed by atoms with van der Waals surface area (Å²) in [5.41, 5.74) is 0. The van der Waals surface area contributed by atoms with E-state index in [4.69, 9.17) is 5.11 Å². The molecule has 1 heterocycles. The Kier molecular flexibility index (Phi) is 1.66. The van der Waals surface area contributed by atoms with Crippen LogP contribution in [0.5, 0.6) is 0 Å². The van der Waals surface area contributed by atoms with Gasteiger partial charge in [0.25, 0.3) is 0 Å². The number of rotatable bonds is 1. The van der Waals surface area contributed by atoms with E-state index in [-0.39, 0.29) is 13.2 Å². The Hall–Kier alpha value is -0.640. The van der Waals surface area contributed by atoms with Crippen molar-refractivity contribution in [3.63, 3.8) is 0 Å².